The summed E-state index contributed by atoms with van der Waals surface area (Å²) in [7, 11) is 0. The van der Waals surface area contributed by atoms with Crippen molar-refractivity contribution in [1.82, 2.24) is 0 Å². The molecule has 0 aliphatic carbocycles. The Labute approximate surface area is 85.7 Å². The van der Waals surface area contributed by atoms with Gasteiger partial charge in [-0.15, -0.1) is 0 Å². The highest BCUT2D eigenvalue weighted by molar-refractivity contribution is 5.79. The van der Waals surface area contributed by atoms with E-state index in [1.807, 2.05) is 0 Å². The van der Waals surface area contributed by atoms with Crippen molar-refractivity contribution >= 4 is 11.7 Å². The number of carboxylic acids is 1. The summed E-state index contributed by atoms with van der Waals surface area (Å²) in [4.78, 5) is 20.5. The van der Waals surface area contributed by atoms with E-state index >= 15 is 0 Å². The van der Waals surface area contributed by atoms with Gasteiger partial charge in [0.25, 0.3) is 0 Å². The summed E-state index contributed by atoms with van der Waals surface area (Å²) in [5.74, 6) is -1.53. The zero-order valence-corrected chi connectivity index (χ0v) is 8.01. The maximum Gasteiger partial charge on any atom is 0.404 e. The predicted molar refractivity (Wildman–Crippen MR) is 53.1 cm³/mol. The van der Waals surface area contributed by atoms with Crippen LogP contribution in [0.2, 0.25) is 0 Å². The molecule has 0 amide bonds. The molecule has 0 radical (unpaired) electrons. The minimum atomic E-state index is -2.21. The lowest BCUT2D eigenvalue weighted by atomic mass is 10.2. The molecular formula is C9H10N2O4. The van der Waals surface area contributed by atoms with Crippen LogP contribution < -0.4 is 5.32 Å². The zero-order chi connectivity index (χ0) is 11.5. The van der Waals surface area contributed by atoms with E-state index in [1.165, 1.54) is 0 Å². The van der Waals surface area contributed by atoms with E-state index < -0.39 is 16.6 Å². The summed E-state index contributed by atoms with van der Waals surface area (Å²) >= 11 is 0. The molecule has 2 N–H and O–H groups in total. The van der Waals surface area contributed by atoms with Gasteiger partial charge in [0.15, 0.2) is 0 Å². The summed E-state index contributed by atoms with van der Waals surface area (Å²) in [5.41, 5.74) is -1.82. The lowest BCUT2D eigenvalue weighted by molar-refractivity contribution is -0.542. The van der Waals surface area contributed by atoms with Crippen LogP contribution in [0.15, 0.2) is 30.3 Å². The number of carboxylic acid groups (broad SMARTS) is 1. The van der Waals surface area contributed by atoms with Gasteiger partial charge in [0.1, 0.15) is 0 Å². The maximum absolute atomic E-state index is 10.8. The molecule has 1 aromatic carbocycles. The number of rotatable bonds is 4. The maximum atomic E-state index is 10.8. The van der Waals surface area contributed by atoms with Crippen molar-refractivity contribution in [2.75, 3.05) is 5.32 Å². The van der Waals surface area contributed by atoms with E-state index in [0.29, 0.717) is 5.69 Å². The quantitative estimate of drug-likeness (QED) is 0.442. The average Bonchev–Trinajstić information content (AvgIpc) is 2.18. The van der Waals surface area contributed by atoms with Gasteiger partial charge >= 0.3 is 11.6 Å². The van der Waals surface area contributed by atoms with Gasteiger partial charge in [-0.1, -0.05) is 18.2 Å². The highest BCUT2D eigenvalue weighted by Crippen LogP contribution is 2.15. The minimum absolute atomic E-state index is 0.388. The van der Waals surface area contributed by atoms with E-state index in [9.17, 15) is 14.9 Å². The number of hydrogen-bond acceptors (Lipinski definition) is 4. The summed E-state index contributed by atoms with van der Waals surface area (Å²) in [5, 5.41) is 21.7. The largest absolute Gasteiger partial charge is 0.474 e. The average molecular weight is 210 g/mol. The van der Waals surface area contributed by atoms with Crippen molar-refractivity contribution in [2.45, 2.75) is 12.6 Å². The molecule has 15 heavy (non-hydrogen) atoms. The summed E-state index contributed by atoms with van der Waals surface area (Å²) in [6, 6.07) is 8.17. The standard InChI is InChI=1S/C9H10N2O4/c1-9(8(12)13,11(14)15)10-7-5-3-2-4-6-7/h2-6,10H,1H3,(H,12,13). The Balaban J connectivity index is 2.95. The number of aliphatic carboxylic acids is 1. The molecule has 1 atom stereocenters. The number of para-hydroxylation sites is 1. The predicted octanol–water partition coefficient (Wildman–Crippen LogP) is 1.18. The highest BCUT2D eigenvalue weighted by atomic mass is 16.6. The number of carbonyl (C=O) groups is 1. The second-order valence-electron chi connectivity index (χ2n) is 3.13. The van der Waals surface area contributed by atoms with Crippen LogP contribution in [0, 0.1) is 10.1 Å². The van der Waals surface area contributed by atoms with E-state index in [0.717, 1.165) is 6.92 Å². The topological polar surface area (TPSA) is 92.5 Å². The third-order valence-corrected chi connectivity index (χ3v) is 1.94. The molecule has 0 bridgehead atoms. The van der Waals surface area contributed by atoms with E-state index in [1.54, 1.807) is 30.3 Å². The molecular weight excluding hydrogens is 200 g/mol. The van der Waals surface area contributed by atoms with Crippen molar-refractivity contribution in [3.8, 4) is 0 Å². The van der Waals surface area contributed by atoms with Gasteiger partial charge in [0, 0.05) is 12.6 Å². The summed E-state index contributed by atoms with van der Waals surface area (Å²) in [6.07, 6.45) is 0. The summed E-state index contributed by atoms with van der Waals surface area (Å²) in [6.45, 7) is 1.00. The third kappa shape index (κ3) is 2.22. The SMILES string of the molecule is CC(Nc1ccccc1)(C(=O)O)[N+](=O)[O-]. The minimum Gasteiger partial charge on any atom is -0.474 e. The highest BCUT2D eigenvalue weighted by Gasteiger charge is 2.46. The molecule has 0 aliphatic rings. The molecule has 0 aliphatic heterocycles. The number of nitrogens with one attached hydrogen (secondary N) is 1. The Morgan fingerprint density at radius 2 is 2.00 bits per heavy atom. The third-order valence-electron chi connectivity index (χ3n) is 1.94. The monoisotopic (exact) mass is 210 g/mol. The first-order valence-corrected chi connectivity index (χ1v) is 4.18. The molecule has 0 heterocycles. The second-order valence-corrected chi connectivity index (χ2v) is 3.13. The molecule has 6 nitrogen and oxygen atoms in total. The first-order chi connectivity index (χ1) is 6.97. The van der Waals surface area contributed by atoms with E-state index in [2.05, 4.69) is 5.32 Å². The van der Waals surface area contributed by atoms with Crippen molar-refractivity contribution in [1.29, 1.82) is 0 Å². The number of nitro groups is 1. The first kappa shape index (κ1) is 11.0. The van der Waals surface area contributed by atoms with Gasteiger partial charge in [0.05, 0.1) is 4.92 Å². The number of anilines is 1. The molecule has 0 aromatic heterocycles. The number of nitrogens with zero attached hydrogens (tertiary/aromatic N) is 1. The van der Waals surface area contributed by atoms with Crippen LogP contribution in [0.3, 0.4) is 0 Å². The van der Waals surface area contributed by atoms with Crippen molar-refractivity contribution in [2.24, 2.45) is 0 Å². The first-order valence-electron chi connectivity index (χ1n) is 4.18. The lowest BCUT2D eigenvalue weighted by Gasteiger charge is -2.18. The second kappa shape index (κ2) is 3.95. The molecule has 1 aromatic rings. The van der Waals surface area contributed by atoms with Crippen LogP contribution in [0.4, 0.5) is 5.69 Å². The summed E-state index contributed by atoms with van der Waals surface area (Å²) < 4.78 is 0. The lowest BCUT2D eigenvalue weighted by Crippen LogP contribution is -2.50. The van der Waals surface area contributed by atoms with Crippen LogP contribution in [0.25, 0.3) is 0 Å². The van der Waals surface area contributed by atoms with E-state index in [-0.39, 0.29) is 0 Å². The van der Waals surface area contributed by atoms with Gasteiger partial charge in [-0.25, -0.2) is 4.79 Å². The van der Waals surface area contributed by atoms with Gasteiger partial charge < -0.3 is 10.4 Å². The molecule has 6 heteroatoms. The smallest absolute Gasteiger partial charge is 0.404 e. The zero-order valence-electron chi connectivity index (χ0n) is 8.01. The van der Waals surface area contributed by atoms with Gasteiger partial charge in [-0.05, 0) is 12.1 Å². The molecule has 1 unspecified atom stereocenters. The molecule has 0 saturated heterocycles. The van der Waals surface area contributed by atoms with Crippen LogP contribution in [0.5, 0.6) is 0 Å². The normalized spacial score (nSPS) is 13.9. The van der Waals surface area contributed by atoms with Crippen molar-refractivity contribution in [3.63, 3.8) is 0 Å². The Kier molecular flexibility index (Phi) is 2.89. The van der Waals surface area contributed by atoms with Crippen LogP contribution >= 0.6 is 0 Å². The molecule has 80 valence electrons. The molecule has 1 rings (SSSR count). The van der Waals surface area contributed by atoms with Crippen molar-refractivity contribution < 1.29 is 14.8 Å². The fraction of sp³-hybridized carbons (Fsp3) is 0.222. The van der Waals surface area contributed by atoms with Crippen LogP contribution in [-0.2, 0) is 4.79 Å². The van der Waals surface area contributed by atoms with Gasteiger partial charge in [0.2, 0.25) is 0 Å². The van der Waals surface area contributed by atoms with Gasteiger partial charge in [-0.3, -0.25) is 10.1 Å². The fourth-order valence-corrected chi connectivity index (χ4v) is 0.980. The Morgan fingerprint density at radius 3 is 2.40 bits per heavy atom. The Hall–Kier alpha value is -2.11. The fourth-order valence-electron chi connectivity index (χ4n) is 0.980. The molecule has 0 fully saturated rings. The number of benzene rings is 1. The van der Waals surface area contributed by atoms with Crippen LogP contribution in [-0.4, -0.2) is 21.7 Å². The van der Waals surface area contributed by atoms with Crippen molar-refractivity contribution in [3.05, 3.63) is 40.4 Å². The van der Waals surface area contributed by atoms with Crippen LogP contribution in [0.1, 0.15) is 6.92 Å². The van der Waals surface area contributed by atoms with Gasteiger partial charge in [-0.2, -0.15) is 0 Å². The molecule has 0 saturated carbocycles. The van der Waals surface area contributed by atoms with E-state index in [4.69, 9.17) is 5.11 Å². The Morgan fingerprint density at radius 1 is 1.47 bits per heavy atom. The Bertz CT molecular complexity index is 363. The molecule has 0 spiro atoms. The number of hydrogen-bond donors (Lipinski definition) is 2.